The topological polar surface area (TPSA) is 122 Å². The molecule has 0 unspecified atom stereocenters. The fourth-order valence-corrected chi connectivity index (χ4v) is 4.11. The van der Waals surface area contributed by atoms with E-state index >= 15 is 0 Å². The van der Waals surface area contributed by atoms with Gasteiger partial charge in [0.1, 0.15) is 17.4 Å². The van der Waals surface area contributed by atoms with Crippen LogP contribution in [0.3, 0.4) is 0 Å². The third-order valence-corrected chi connectivity index (χ3v) is 5.93. The number of rotatable bonds is 4. The minimum absolute atomic E-state index is 0.106. The van der Waals surface area contributed by atoms with Gasteiger partial charge < -0.3 is 10.0 Å². The van der Waals surface area contributed by atoms with Crippen LogP contribution in [0, 0.1) is 6.92 Å². The van der Waals surface area contributed by atoms with Crippen LogP contribution in [-0.4, -0.2) is 64.1 Å². The third kappa shape index (κ3) is 3.58. The lowest BCUT2D eigenvalue weighted by Gasteiger charge is -2.38. The lowest BCUT2D eigenvalue weighted by molar-refractivity contribution is -0.0300. The summed E-state index contributed by atoms with van der Waals surface area (Å²) in [6.45, 7) is 2.72. The van der Waals surface area contributed by atoms with E-state index in [9.17, 15) is 14.7 Å². The van der Waals surface area contributed by atoms with Crippen LogP contribution in [0.4, 0.5) is 0 Å². The normalized spacial score (nSPS) is 15.9. The highest BCUT2D eigenvalue weighted by molar-refractivity contribution is 5.92. The Morgan fingerprint density at radius 3 is 2.66 bits per heavy atom. The SMILES string of the molecule is Cc1cc(C(=O)N2CCC(O)(Cn3cnc4c(cnn4-c4ccccc4)c3=O)CC2)n[nH]1. The number of para-hydroxylation sites is 1. The summed E-state index contributed by atoms with van der Waals surface area (Å²) in [5.74, 6) is -0.162. The highest BCUT2D eigenvalue weighted by Gasteiger charge is 2.35. The molecular weight excluding hydrogens is 410 g/mol. The van der Waals surface area contributed by atoms with E-state index in [1.807, 2.05) is 37.3 Å². The van der Waals surface area contributed by atoms with Crippen molar-refractivity contribution in [3.63, 3.8) is 0 Å². The zero-order chi connectivity index (χ0) is 22.3. The number of benzene rings is 1. The van der Waals surface area contributed by atoms with Gasteiger partial charge in [-0.25, -0.2) is 9.67 Å². The summed E-state index contributed by atoms with van der Waals surface area (Å²) >= 11 is 0. The number of likely N-dealkylation sites (tertiary alicyclic amines) is 1. The molecule has 0 radical (unpaired) electrons. The number of hydrogen-bond donors (Lipinski definition) is 2. The number of aromatic nitrogens is 6. The van der Waals surface area contributed by atoms with E-state index in [1.54, 1.807) is 15.6 Å². The van der Waals surface area contributed by atoms with Gasteiger partial charge in [0.15, 0.2) is 5.65 Å². The molecule has 5 rings (SSSR count). The number of nitrogens with one attached hydrogen (secondary N) is 1. The van der Waals surface area contributed by atoms with Crippen LogP contribution in [0.5, 0.6) is 0 Å². The Balaban J connectivity index is 1.33. The van der Waals surface area contributed by atoms with Crippen molar-refractivity contribution in [1.82, 2.24) is 34.4 Å². The number of aromatic amines is 1. The van der Waals surface area contributed by atoms with Crippen LogP contribution in [-0.2, 0) is 6.54 Å². The number of H-pyrrole nitrogens is 1. The number of aryl methyl sites for hydroxylation is 1. The van der Waals surface area contributed by atoms with E-state index < -0.39 is 5.60 Å². The Hall–Kier alpha value is -3.79. The number of nitrogens with zero attached hydrogens (tertiary/aromatic N) is 6. The molecule has 164 valence electrons. The quantitative estimate of drug-likeness (QED) is 0.500. The molecule has 4 heterocycles. The molecule has 1 aromatic carbocycles. The van der Waals surface area contributed by atoms with Crippen molar-refractivity contribution in [1.29, 1.82) is 0 Å². The average molecular weight is 433 g/mol. The van der Waals surface area contributed by atoms with Crippen LogP contribution >= 0.6 is 0 Å². The largest absolute Gasteiger partial charge is 0.388 e. The molecule has 32 heavy (non-hydrogen) atoms. The molecule has 1 amide bonds. The maximum absolute atomic E-state index is 13.0. The van der Waals surface area contributed by atoms with E-state index in [0.717, 1.165) is 11.4 Å². The van der Waals surface area contributed by atoms with Crippen LogP contribution in [0.2, 0.25) is 0 Å². The van der Waals surface area contributed by atoms with E-state index in [0.29, 0.717) is 42.7 Å². The van der Waals surface area contributed by atoms with Crippen molar-refractivity contribution in [2.24, 2.45) is 0 Å². The first-order valence-corrected chi connectivity index (χ1v) is 10.5. The first-order chi connectivity index (χ1) is 15.4. The second kappa shape index (κ2) is 7.72. The van der Waals surface area contributed by atoms with Crippen molar-refractivity contribution < 1.29 is 9.90 Å². The molecule has 2 N–H and O–H groups in total. The summed E-state index contributed by atoms with van der Waals surface area (Å²) in [5, 5.41) is 22.6. The third-order valence-electron chi connectivity index (χ3n) is 5.93. The van der Waals surface area contributed by atoms with Gasteiger partial charge in [0.25, 0.3) is 11.5 Å². The molecule has 0 atom stereocenters. The molecule has 0 saturated carbocycles. The maximum Gasteiger partial charge on any atom is 0.274 e. The van der Waals surface area contributed by atoms with Gasteiger partial charge in [-0.1, -0.05) is 18.2 Å². The number of carbonyl (C=O) groups excluding carboxylic acids is 1. The first kappa shape index (κ1) is 20.1. The monoisotopic (exact) mass is 433 g/mol. The number of piperidine rings is 1. The van der Waals surface area contributed by atoms with Gasteiger partial charge in [0.2, 0.25) is 0 Å². The fraction of sp³-hybridized carbons (Fsp3) is 0.318. The van der Waals surface area contributed by atoms with Gasteiger partial charge in [-0.2, -0.15) is 10.2 Å². The van der Waals surface area contributed by atoms with Gasteiger partial charge in [-0.3, -0.25) is 19.3 Å². The molecule has 1 aliphatic heterocycles. The van der Waals surface area contributed by atoms with Crippen molar-refractivity contribution in [3.8, 4) is 5.69 Å². The molecule has 1 fully saturated rings. The number of carbonyl (C=O) groups is 1. The highest BCUT2D eigenvalue weighted by Crippen LogP contribution is 2.25. The molecule has 0 aliphatic carbocycles. The molecule has 1 aliphatic rings. The van der Waals surface area contributed by atoms with Crippen LogP contribution in [0.1, 0.15) is 29.0 Å². The standard InChI is InChI=1S/C22H23N7O3/c1-15-11-18(26-25-15)21(31)27-9-7-22(32,8-10-27)13-28-14-23-19-17(20(28)30)12-24-29(19)16-5-3-2-4-6-16/h2-6,11-12,14,32H,7-10,13H2,1H3,(H,25,26). The molecule has 4 aromatic rings. The second-order valence-corrected chi connectivity index (χ2v) is 8.26. The van der Waals surface area contributed by atoms with E-state index in [2.05, 4.69) is 20.3 Å². The summed E-state index contributed by atoms with van der Waals surface area (Å²) < 4.78 is 3.05. The smallest absolute Gasteiger partial charge is 0.274 e. The maximum atomic E-state index is 13.0. The molecule has 3 aromatic heterocycles. The van der Waals surface area contributed by atoms with Gasteiger partial charge in [0, 0.05) is 18.8 Å². The predicted octanol–water partition coefficient (Wildman–Crippen LogP) is 1.28. The van der Waals surface area contributed by atoms with Crippen molar-refractivity contribution >= 4 is 16.9 Å². The molecule has 0 bridgehead atoms. The van der Waals surface area contributed by atoms with Gasteiger partial charge in [0.05, 0.1) is 24.0 Å². The number of hydrogen-bond acceptors (Lipinski definition) is 6. The molecular formula is C22H23N7O3. The number of amides is 1. The Morgan fingerprint density at radius 1 is 1.22 bits per heavy atom. The van der Waals surface area contributed by atoms with Crippen LogP contribution in [0.15, 0.2) is 53.7 Å². The molecule has 0 spiro atoms. The zero-order valence-corrected chi connectivity index (χ0v) is 17.6. The number of fused-ring (bicyclic) bond motifs is 1. The van der Waals surface area contributed by atoms with Crippen LogP contribution in [0.25, 0.3) is 16.7 Å². The first-order valence-electron chi connectivity index (χ1n) is 10.5. The van der Waals surface area contributed by atoms with Crippen molar-refractivity contribution in [3.05, 3.63) is 70.7 Å². The highest BCUT2D eigenvalue weighted by atomic mass is 16.3. The molecule has 10 nitrogen and oxygen atoms in total. The fourth-order valence-electron chi connectivity index (χ4n) is 4.11. The van der Waals surface area contributed by atoms with Crippen molar-refractivity contribution in [2.75, 3.05) is 13.1 Å². The summed E-state index contributed by atoms with van der Waals surface area (Å²) in [6.07, 6.45) is 3.67. The predicted molar refractivity (Wildman–Crippen MR) is 117 cm³/mol. The Morgan fingerprint density at radius 2 is 1.97 bits per heavy atom. The van der Waals surface area contributed by atoms with Crippen molar-refractivity contribution in [2.45, 2.75) is 31.9 Å². The zero-order valence-electron chi connectivity index (χ0n) is 17.6. The second-order valence-electron chi connectivity index (χ2n) is 8.26. The van der Waals surface area contributed by atoms with Gasteiger partial charge >= 0.3 is 0 Å². The summed E-state index contributed by atoms with van der Waals surface area (Å²) in [6, 6.07) is 11.2. The van der Waals surface area contributed by atoms with E-state index in [-0.39, 0.29) is 18.0 Å². The van der Waals surface area contributed by atoms with Crippen LogP contribution < -0.4 is 5.56 Å². The molecule has 1 saturated heterocycles. The summed E-state index contributed by atoms with van der Waals surface area (Å²) in [5.41, 5.74) is 1.12. The summed E-state index contributed by atoms with van der Waals surface area (Å²) in [4.78, 5) is 31.7. The lowest BCUT2D eigenvalue weighted by Crippen LogP contribution is -2.49. The Kier molecular flexibility index (Phi) is 4.86. The van der Waals surface area contributed by atoms with E-state index in [4.69, 9.17) is 0 Å². The van der Waals surface area contributed by atoms with Gasteiger partial charge in [-0.15, -0.1) is 0 Å². The minimum atomic E-state index is -1.10. The van der Waals surface area contributed by atoms with E-state index in [1.165, 1.54) is 17.1 Å². The Bertz CT molecular complexity index is 1330. The average Bonchev–Trinajstić information content (AvgIpc) is 3.43. The van der Waals surface area contributed by atoms with Gasteiger partial charge in [-0.05, 0) is 38.0 Å². The summed E-state index contributed by atoms with van der Waals surface area (Å²) in [7, 11) is 0. The molecule has 10 heteroatoms. The number of aliphatic hydroxyl groups is 1. The lowest BCUT2D eigenvalue weighted by atomic mass is 9.91. The Labute approximate surface area is 183 Å². The minimum Gasteiger partial charge on any atom is -0.388 e.